The molecule has 1 fully saturated rings. The van der Waals surface area contributed by atoms with E-state index in [4.69, 9.17) is 12.2 Å². The Morgan fingerprint density at radius 1 is 1.19 bits per heavy atom. The Hall–Kier alpha value is -1.81. The summed E-state index contributed by atoms with van der Waals surface area (Å²) >= 11 is 5.48. The molecule has 2 aromatic rings. The summed E-state index contributed by atoms with van der Waals surface area (Å²) < 4.78 is 31.3. The molecule has 1 aliphatic heterocycles. The molecule has 0 spiro atoms. The van der Waals surface area contributed by atoms with Gasteiger partial charge in [-0.05, 0) is 31.3 Å². The van der Waals surface area contributed by atoms with E-state index < -0.39 is 10.0 Å². The Morgan fingerprint density at radius 3 is 2.46 bits per heavy atom. The fraction of sp³-hybridized carbons (Fsp3) is 0.412. The molecule has 0 atom stereocenters. The first-order chi connectivity index (χ1) is 12.4. The number of sulfonamides is 1. The van der Waals surface area contributed by atoms with Crippen LogP contribution in [0.1, 0.15) is 5.82 Å². The highest BCUT2D eigenvalue weighted by Crippen LogP contribution is 2.17. The van der Waals surface area contributed by atoms with Crippen LogP contribution in [0.4, 0.5) is 0 Å². The minimum atomic E-state index is -3.43. The lowest BCUT2D eigenvalue weighted by Crippen LogP contribution is -2.48. The standard InChI is InChI=1S/C17H23N5O2S2/c1-3-9-21-15(2)18-22(17(21)25)14-19-10-12-20(13-11-19)26(23,24)16-7-5-4-6-8-16/h3-8H,1,9-14H2,2H3. The van der Waals surface area contributed by atoms with Crippen molar-refractivity contribution in [2.45, 2.75) is 25.0 Å². The summed E-state index contributed by atoms with van der Waals surface area (Å²) in [5, 5.41) is 4.49. The smallest absolute Gasteiger partial charge is 0.243 e. The highest BCUT2D eigenvalue weighted by atomic mass is 32.2. The van der Waals surface area contributed by atoms with Crippen molar-refractivity contribution in [3.63, 3.8) is 0 Å². The second-order valence-corrected chi connectivity index (χ2v) is 8.51. The first-order valence-corrected chi connectivity index (χ1v) is 10.3. The molecule has 0 saturated carbocycles. The minimum absolute atomic E-state index is 0.342. The Bertz CT molecular complexity index is 926. The third-order valence-corrected chi connectivity index (χ3v) is 6.81. The van der Waals surface area contributed by atoms with Gasteiger partial charge in [0.05, 0.1) is 11.6 Å². The van der Waals surface area contributed by atoms with Gasteiger partial charge >= 0.3 is 0 Å². The lowest BCUT2D eigenvalue weighted by Gasteiger charge is -2.33. The van der Waals surface area contributed by atoms with Crippen LogP contribution in [0, 0.1) is 11.7 Å². The van der Waals surface area contributed by atoms with E-state index in [1.807, 2.05) is 17.6 Å². The second-order valence-electron chi connectivity index (χ2n) is 6.21. The van der Waals surface area contributed by atoms with Crippen LogP contribution in [0.5, 0.6) is 0 Å². The number of allylic oxidation sites excluding steroid dienone is 1. The van der Waals surface area contributed by atoms with Gasteiger partial charge in [-0.15, -0.1) is 6.58 Å². The molecule has 7 nitrogen and oxygen atoms in total. The van der Waals surface area contributed by atoms with Crippen LogP contribution in [0.25, 0.3) is 0 Å². The van der Waals surface area contributed by atoms with Crippen molar-refractivity contribution in [3.05, 3.63) is 53.6 Å². The zero-order chi connectivity index (χ0) is 18.7. The molecule has 1 aromatic carbocycles. The average molecular weight is 394 g/mol. The first-order valence-electron chi connectivity index (χ1n) is 8.46. The van der Waals surface area contributed by atoms with Gasteiger partial charge in [0.25, 0.3) is 0 Å². The zero-order valence-corrected chi connectivity index (χ0v) is 16.4. The predicted octanol–water partition coefficient (Wildman–Crippen LogP) is 1.87. The van der Waals surface area contributed by atoms with Gasteiger partial charge in [0.1, 0.15) is 5.82 Å². The summed E-state index contributed by atoms with van der Waals surface area (Å²) in [4.78, 5) is 2.51. The van der Waals surface area contributed by atoms with Gasteiger partial charge < -0.3 is 4.57 Å². The summed E-state index contributed by atoms with van der Waals surface area (Å²) in [6, 6.07) is 8.57. The van der Waals surface area contributed by atoms with Crippen molar-refractivity contribution in [2.75, 3.05) is 26.2 Å². The first kappa shape index (κ1) is 19.0. The predicted molar refractivity (Wildman–Crippen MR) is 103 cm³/mol. The summed E-state index contributed by atoms with van der Waals surface area (Å²) in [5.74, 6) is 0.847. The molecule has 140 valence electrons. The number of rotatable bonds is 6. The minimum Gasteiger partial charge on any atom is -0.300 e. The summed E-state index contributed by atoms with van der Waals surface area (Å²) in [5.41, 5.74) is 0. The normalized spacial score (nSPS) is 16.7. The van der Waals surface area contributed by atoms with Crippen LogP contribution in [0.3, 0.4) is 0 Å². The van der Waals surface area contributed by atoms with Crippen LogP contribution in [0.15, 0.2) is 47.9 Å². The average Bonchev–Trinajstić information content (AvgIpc) is 2.91. The van der Waals surface area contributed by atoms with Gasteiger partial charge in [0.2, 0.25) is 10.0 Å². The van der Waals surface area contributed by atoms with Gasteiger partial charge in [-0.3, -0.25) is 4.90 Å². The summed E-state index contributed by atoms with van der Waals surface area (Å²) in [7, 11) is -3.43. The van der Waals surface area contributed by atoms with E-state index >= 15 is 0 Å². The van der Waals surface area contributed by atoms with Gasteiger partial charge in [0.15, 0.2) is 4.77 Å². The molecule has 0 radical (unpaired) electrons. The van der Waals surface area contributed by atoms with Crippen molar-refractivity contribution in [3.8, 4) is 0 Å². The highest BCUT2D eigenvalue weighted by Gasteiger charge is 2.28. The molecule has 2 heterocycles. The van der Waals surface area contributed by atoms with Crippen molar-refractivity contribution in [2.24, 2.45) is 0 Å². The Labute approximate surface area is 159 Å². The van der Waals surface area contributed by atoms with Crippen molar-refractivity contribution in [1.29, 1.82) is 0 Å². The number of hydrogen-bond acceptors (Lipinski definition) is 5. The number of aromatic nitrogens is 3. The maximum Gasteiger partial charge on any atom is 0.243 e. The summed E-state index contributed by atoms with van der Waals surface area (Å²) in [6.07, 6.45) is 1.79. The molecule has 1 aliphatic rings. The largest absolute Gasteiger partial charge is 0.300 e. The lowest BCUT2D eigenvalue weighted by molar-refractivity contribution is 0.144. The fourth-order valence-corrected chi connectivity index (χ4v) is 4.77. The van der Waals surface area contributed by atoms with E-state index in [1.54, 1.807) is 39.3 Å². The lowest BCUT2D eigenvalue weighted by atomic mass is 10.4. The van der Waals surface area contributed by atoms with E-state index in [0.29, 0.717) is 49.1 Å². The molecule has 1 aromatic heterocycles. The van der Waals surface area contributed by atoms with Crippen LogP contribution in [-0.4, -0.2) is 58.1 Å². The van der Waals surface area contributed by atoms with Crippen LogP contribution in [0.2, 0.25) is 0 Å². The maximum atomic E-state index is 12.7. The monoisotopic (exact) mass is 393 g/mol. The SMILES string of the molecule is C=CCn1c(C)nn(CN2CCN(S(=O)(=O)c3ccccc3)CC2)c1=S. The van der Waals surface area contributed by atoms with Crippen molar-refractivity contribution in [1.82, 2.24) is 23.6 Å². The third-order valence-electron chi connectivity index (χ3n) is 4.47. The fourth-order valence-electron chi connectivity index (χ4n) is 3.02. The topological polar surface area (TPSA) is 63.4 Å². The molecule has 0 amide bonds. The van der Waals surface area contributed by atoms with E-state index in [2.05, 4.69) is 16.6 Å². The van der Waals surface area contributed by atoms with Gasteiger partial charge in [0, 0.05) is 32.7 Å². The van der Waals surface area contributed by atoms with E-state index in [0.717, 1.165) is 5.82 Å². The zero-order valence-electron chi connectivity index (χ0n) is 14.8. The molecule has 9 heteroatoms. The number of piperazine rings is 1. The molecule has 0 unspecified atom stereocenters. The van der Waals surface area contributed by atoms with Crippen LogP contribution < -0.4 is 0 Å². The molecule has 0 N–H and O–H groups in total. The van der Waals surface area contributed by atoms with E-state index in [-0.39, 0.29) is 0 Å². The number of aryl methyl sites for hydroxylation is 1. The Morgan fingerprint density at radius 2 is 1.85 bits per heavy atom. The van der Waals surface area contributed by atoms with E-state index in [9.17, 15) is 8.42 Å². The van der Waals surface area contributed by atoms with Crippen molar-refractivity contribution < 1.29 is 8.42 Å². The van der Waals surface area contributed by atoms with Crippen LogP contribution >= 0.6 is 12.2 Å². The van der Waals surface area contributed by atoms with Crippen molar-refractivity contribution >= 4 is 22.2 Å². The van der Waals surface area contributed by atoms with Crippen LogP contribution in [-0.2, 0) is 23.2 Å². The third kappa shape index (κ3) is 3.80. The molecule has 26 heavy (non-hydrogen) atoms. The molecular formula is C17H23N5O2S2. The maximum absolute atomic E-state index is 12.7. The second kappa shape index (κ2) is 7.83. The Kier molecular flexibility index (Phi) is 5.71. The van der Waals surface area contributed by atoms with Gasteiger partial charge in [-0.1, -0.05) is 24.3 Å². The van der Waals surface area contributed by atoms with E-state index in [1.165, 1.54) is 0 Å². The number of benzene rings is 1. The quantitative estimate of drug-likeness (QED) is 0.554. The molecule has 0 bridgehead atoms. The molecule has 0 aliphatic carbocycles. The van der Waals surface area contributed by atoms with Gasteiger partial charge in [-0.2, -0.15) is 9.40 Å². The highest BCUT2D eigenvalue weighted by molar-refractivity contribution is 7.89. The molecule has 1 saturated heterocycles. The summed E-state index contributed by atoms with van der Waals surface area (Å²) in [6.45, 7) is 9.04. The molecule has 3 rings (SSSR count). The van der Waals surface area contributed by atoms with Gasteiger partial charge in [-0.25, -0.2) is 13.1 Å². The Balaban J connectivity index is 1.65. The number of nitrogens with zero attached hydrogens (tertiary/aromatic N) is 5. The molecular weight excluding hydrogens is 370 g/mol. The number of hydrogen-bond donors (Lipinski definition) is 0.